The monoisotopic (exact) mass is 353 g/mol. The van der Waals surface area contributed by atoms with Crippen molar-refractivity contribution in [2.75, 3.05) is 13.2 Å². The van der Waals surface area contributed by atoms with Crippen molar-refractivity contribution >= 4 is 21.9 Å². The molecule has 0 aromatic carbocycles. The van der Waals surface area contributed by atoms with Gasteiger partial charge in [0, 0.05) is 18.8 Å². The molecule has 2 aromatic rings. The van der Waals surface area contributed by atoms with E-state index in [0.717, 1.165) is 16.8 Å². The molecule has 112 valence electrons. The first-order chi connectivity index (χ1) is 10.0. The van der Waals surface area contributed by atoms with E-state index < -0.39 is 5.97 Å². The first-order valence-corrected chi connectivity index (χ1v) is 7.25. The highest BCUT2D eigenvalue weighted by atomic mass is 79.9. The summed E-state index contributed by atoms with van der Waals surface area (Å²) in [4.78, 5) is 15.8. The summed E-state index contributed by atoms with van der Waals surface area (Å²) in [5, 5.41) is 4.14. The van der Waals surface area contributed by atoms with Crippen LogP contribution in [0, 0.1) is 6.92 Å². The lowest BCUT2D eigenvalue weighted by Gasteiger charge is -2.10. The molecule has 0 unspecified atom stereocenters. The molecule has 21 heavy (non-hydrogen) atoms. The Balaban J connectivity index is 2.19. The molecule has 0 saturated carbocycles. The number of rotatable bonds is 5. The van der Waals surface area contributed by atoms with Gasteiger partial charge in [0.25, 0.3) is 0 Å². The number of aromatic nitrogens is 3. The molecule has 0 atom stereocenters. The number of aryl methyl sites for hydroxylation is 2. The van der Waals surface area contributed by atoms with Crippen LogP contribution in [-0.4, -0.2) is 33.9 Å². The average Bonchev–Trinajstić information content (AvgIpc) is 2.86. The van der Waals surface area contributed by atoms with Gasteiger partial charge in [0.05, 0.1) is 18.5 Å². The maximum Gasteiger partial charge on any atom is 0.344 e. The molecular weight excluding hydrogens is 338 g/mol. The van der Waals surface area contributed by atoms with Gasteiger partial charge in [-0.15, -0.1) is 0 Å². The molecule has 0 amide bonds. The number of carbonyl (C=O) groups excluding carboxylic acids is 1. The van der Waals surface area contributed by atoms with Crippen molar-refractivity contribution in [1.29, 1.82) is 0 Å². The van der Waals surface area contributed by atoms with Gasteiger partial charge in [0.2, 0.25) is 0 Å². The Morgan fingerprint density at radius 2 is 2.24 bits per heavy atom. The Labute approximate surface area is 131 Å². The van der Waals surface area contributed by atoms with Crippen LogP contribution >= 0.6 is 15.9 Å². The van der Waals surface area contributed by atoms with Crippen molar-refractivity contribution in [3.05, 3.63) is 28.6 Å². The maximum absolute atomic E-state index is 11.3. The molecule has 2 heterocycles. The van der Waals surface area contributed by atoms with Gasteiger partial charge in [-0.3, -0.25) is 4.68 Å². The van der Waals surface area contributed by atoms with E-state index in [0.29, 0.717) is 17.0 Å². The second kappa shape index (κ2) is 6.71. The predicted molar refractivity (Wildman–Crippen MR) is 81.0 cm³/mol. The number of hydrogen-bond donors (Lipinski definition) is 0. The van der Waals surface area contributed by atoms with E-state index in [4.69, 9.17) is 9.47 Å². The highest BCUT2D eigenvalue weighted by molar-refractivity contribution is 9.10. The molecule has 0 aliphatic rings. The fourth-order valence-electron chi connectivity index (χ4n) is 1.84. The van der Waals surface area contributed by atoms with Crippen LogP contribution in [0.2, 0.25) is 0 Å². The molecule has 0 bridgehead atoms. The first-order valence-electron chi connectivity index (χ1n) is 6.45. The molecule has 0 N–H and O–H groups in total. The van der Waals surface area contributed by atoms with Crippen molar-refractivity contribution in [3.8, 4) is 17.0 Å². The third-order valence-electron chi connectivity index (χ3n) is 2.76. The predicted octanol–water partition coefficient (Wildman–Crippen LogP) is 2.49. The highest BCUT2D eigenvalue weighted by Crippen LogP contribution is 2.30. The molecule has 0 aliphatic heterocycles. The summed E-state index contributed by atoms with van der Waals surface area (Å²) in [7, 11) is 1.85. The molecular formula is C14H16BrN3O3. The largest absolute Gasteiger partial charge is 0.479 e. The lowest BCUT2D eigenvalue weighted by atomic mass is 10.1. The zero-order valence-corrected chi connectivity index (χ0v) is 13.7. The lowest BCUT2D eigenvalue weighted by molar-refractivity contribution is -0.145. The van der Waals surface area contributed by atoms with E-state index in [9.17, 15) is 4.79 Å². The summed E-state index contributed by atoms with van der Waals surface area (Å²) in [6, 6.07) is 1.83. The van der Waals surface area contributed by atoms with Crippen LogP contribution in [0.5, 0.6) is 5.75 Å². The van der Waals surface area contributed by atoms with Gasteiger partial charge in [-0.1, -0.05) is 0 Å². The van der Waals surface area contributed by atoms with Crippen LogP contribution in [0.1, 0.15) is 12.5 Å². The minimum Gasteiger partial charge on any atom is -0.479 e. The maximum atomic E-state index is 11.3. The van der Waals surface area contributed by atoms with Crippen LogP contribution in [-0.2, 0) is 16.6 Å². The quantitative estimate of drug-likeness (QED) is 0.610. The zero-order chi connectivity index (χ0) is 15.4. The molecule has 7 heteroatoms. The standard InChI is InChI=1S/C14H16BrN3O3/c1-4-20-12(19)8-21-11-5-9(2)13(17-14(11)15)10-6-16-18(3)7-10/h5-7H,4,8H2,1-3H3. The number of ether oxygens (including phenoxy) is 2. The minimum atomic E-state index is -0.404. The Bertz CT molecular complexity index is 655. The van der Waals surface area contributed by atoms with Crippen molar-refractivity contribution in [3.63, 3.8) is 0 Å². The summed E-state index contributed by atoms with van der Waals surface area (Å²) in [6.07, 6.45) is 3.64. The third kappa shape index (κ3) is 3.81. The second-order valence-electron chi connectivity index (χ2n) is 4.44. The number of halogens is 1. The third-order valence-corrected chi connectivity index (χ3v) is 3.33. The van der Waals surface area contributed by atoms with Crippen LogP contribution < -0.4 is 4.74 Å². The zero-order valence-electron chi connectivity index (χ0n) is 12.1. The Morgan fingerprint density at radius 3 is 2.86 bits per heavy atom. The summed E-state index contributed by atoms with van der Waals surface area (Å²) in [6.45, 7) is 3.88. The minimum absolute atomic E-state index is 0.139. The van der Waals surface area contributed by atoms with Gasteiger partial charge in [0.1, 0.15) is 4.60 Å². The van der Waals surface area contributed by atoms with Crippen molar-refractivity contribution in [2.24, 2.45) is 7.05 Å². The molecule has 0 aliphatic carbocycles. The molecule has 6 nitrogen and oxygen atoms in total. The van der Waals surface area contributed by atoms with Gasteiger partial charge >= 0.3 is 5.97 Å². The van der Waals surface area contributed by atoms with E-state index in [2.05, 4.69) is 26.0 Å². The van der Waals surface area contributed by atoms with E-state index in [1.165, 1.54) is 0 Å². The van der Waals surface area contributed by atoms with Gasteiger partial charge in [-0.2, -0.15) is 5.10 Å². The Morgan fingerprint density at radius 1 is 1.48 bits per heavy atom. The molecule has 0 fully saturated rings. The summed E-state index contributed by atoms with van der Waals surface area (Å²) < 4.78 is 12.5. The molecule has 0 radical (unpaired) electrons. The number of carbonyl (C=O) groups is 1. The SMILES string of the molecule is CCOC(=O)COc1cc(C)c(-c2cnn(C)c2)nc1Br. The van der Waals surface area contributed by atoms with E-state index in [1.807, 2.05) is 26.2 Å². The normalized spacial score (nSPS) is 10.5. The molecule has 2 rings (SSSR count). The smallest absolute Gasteiger partial charge is 0.344 e. The van der Waals surface area contributed by atoms with E-state index in [1.54, 1.807) is 17.8 Å². The number of pyridine rings is 1. The van der Waals surface area contributed by atoms with Gasteiger partial charge in [0.15, 0.2) is 12.4 Å². The second-order valence-corrected chi connectivity index (χ2v) is 5.19. The Hall–Kier alpha value is -1.89. The van der Waals surface area contributed by atoms with Crippen LogP contribution in [0.3, 0.4) is 0 Å². The van der Waals surface area contributed by atoms with Crippen molar-refractivity contribution < 1.29 is 14.3 Å². The number of hydrogen-bond acceptors (Lipinski definition) is 5. The fourth-order valence-corrected chi connectivity index (χ4v) is 2.25. The summed E-state index contributed by atoms with van der Waals surface area (Å²) >= 11 is 3.36. The summed E-state index contributed by atoms with van der Waals surface area (Å²) in [5.41, 5.74) is 2.68. The van der Waals surface area contributed by atoms with Gasteiger partial charge in [-0.05, 0) is 41.4 Å². The topological polar surface area (TPSA) is 66.2 Å². The van der Waals surface area contributed by atoms with Gasteiger partial charge in [-0.25, -0.2) is 9.78 Å². The van der Waals surface area contributed by atoms with Crippen molar-refractivity contribution in [1.82, 2.24) is 14.8 Å². The van der Waals surface area contributed by atoms with E-state index in [-0.39, 0.29) is 6.61 Å². The molecule has 2 aromatic heterocycles. The molecule has 0 saturated heterocycles. The highest BCUT2D eigenvalue weighted by Gasteiger charge is 2.13. The number of esters is 1. The fraction of sp³-hybridized carbons (Fsp3) is 0.357. The first kappa shape index (κ1) is 15.5. The van der Waals surface area contributed by atoms with E-state index >= 15 is 0 Å². The average molecular weight is 354 g/mol. The van der Waals surface area contributed by atoms with Crippen LogP contribution in [0.25, 0.3) is 11.3 Å². The Kier molecular flexibility index (Phi) is 4.95. The van der Waals surface area contributed by atoms with Gasteiger partial charge < -0.3 is 9.47 Å². The number of nitrogens with zero attached hydrogens (tertiary/aromatic N) is 3. The lowest BCUT2D eigenvalue weighted by Crippen LogP contribution is -2.15. The molecule has 0 spiro atoms. The van der Waals surface area contributed by atoms with Crippen molar-refractivity contribution in [2.45, 2.75) is 13.8 Å². The van der Waals surface area contributed by atoms with Crippen LogP contribution in [0.4, 0.5) is 0 Å². The van der Waals surface area contributed by atoms with Crippen LogP contribution in [0.15, 0.2) is 23.1 Å². The summed E-state index contributed by atoms with van der Waals surface area (Å²) in [5.74, 6) is 0.103.